The van der Waals surface area contributed by atoms with E-state index in [4.69, 9.17) is 0 Å². The highest BCUT2D eigenvalue weighted by atomic mass is 16.2. The van der Waals surface area contributed by atoms with E-state index in [-0.39, 0.29) is 29.7 Å². The lowest BCUT2D eigenvalue weighted by Crippen LogP contribution is -2.62. The second kappa shape index (κ2) is 5.53. The molecule has 28 heavy (non-hydrogen) atoms. The zero-order chi connectivity index (χ0) is 19.8. The molecule has 3 amide bonds. The van der Waals surface area contributed by atoms with Crippen molar-refractivity contribution >= 4 is 17.7 Å². The highest BCUT2D eigenvalue weighted by Gasteiger charge is 2.69. The SMILES string of the molecule is CC(=O)NC(C)C12c3ccccc3C(c3ccccc31)[C@@H]1C(=O)N(C)C(=O)[C@@H]12. The van der Waals surface area contributed by atoms with Crippen molar-refractivity contribution in [3.8, 4) is 0 Å². The van der Waals surface area contributed by atoms with E-state index in [0.29, 0.717) is 0 Å². The number of hydrogen-bond acceptors (Lipinski definition) is 3. The number of rotatable bonds is 2. The normalized spacial score (nSPS) is 30.5. The van der Waals surface area contributed by atoms with Gasteiger partial charge in [0.05, 0.1) is 17.3 Å². The average Bonchev–Trinajstić information content (AvgIpc) is 2.92. The van der Waals surface area contributed by atoms with Gasteiger partial charge in [0.1, 0.15) is 0 Å². The molecule has 1 saturated heterocycles. The summed E-state index contributed by atoms with van der Waals surface area (Å²) in [7, 11) is 1.58. The summed E-state index contributed by atoms with van der Waals surface area (Å²) in [5, 5.41) is 3.05. The van der Waals surface area contributed by atoms with E-state index in [9.17, 15) is 14.4 Å². The maximum Gasteiger partial charge on any atom is 0.234 e. The fourth-order valence-electron chi connectivity index (χ4n) is 6.13. The minimum atomic E-state index is -0.768. The monoisotopic (exact) mass is 374 g/mol. The Morgan fingerprint density at radius 1 is 1.00 bits per heavy atom. The van der Waals surface area contributed by atoms with E-state index < -0.39 is 17.3 Å². The van der Waals surface area contributed by atoms with E-state index in [1.807, 2.05) is 31.2 Å². The van der Waals surface area contributed by atoms with Crippen LogP contribution in [0.3, 0.4) is 0 Å². The van der Waals surface area contributed by atoms with Crippen molar-refractivity contribution in [1.82, 2.24) is 10.2 Å². The van der Waals surface area contributed by atoms with Crippen LogP contribution in [-0.2, 0) is 19.8 Å². The Balaban J connectivity index is 1.91. The number of hydrogen-bond donors (Lipinski definition) is 1. The molecular weight excluding hydrogens is 352 g/mol. The van der Waals surface area contributed by atoms with E-state index in [1.54, 1.807) is 7.05 Å². The molecule has 0 saturated carbocycles. The van der Waals surface area contributed by atoms with Gasteiger partial charge >= 0.3 is 0 Å². The molecule has 3 atom stereocenters. The maximum absolute atomic E-state index is 13.3. The van der Waals surface area contributed by atoms with Crippen molar-refractivity contribution in [1.29, 1.82) is 0 Å². The van der Waals surface area contributed by atoms with Crippen LogP contribution < -0.4 is 5.32 Å². The Bertz CT molecular complexity index is 996. The van der Waals surface area contributed by atoms with Crippen molar-refractivity contribution in [3.63, 3.8) is 0 Å². The first kappa shape index (κ1) is 17.2. The third-order valence-corrected chi connectivity index (χ3v) is 7.01. The van der Waals surface area contributed by atoms with Gasteiger partial charge in [0.15, 0.2) is 0 Å². The third-order valence-electron chi connectivity index (χ3n) is 7.01. The minimum absolute atomic E-state index is 0.122. The summed E-state index contributed by atoms with van der Waals surface area (Å²) in [5.41, 5.74) is 3.53. The van der Waals surface area contributed by atoms with Crippen LogP contribution in [0, 0.1) is 11.8 Å². The fourth-order valence-corrected chi connectivity index (χ4v) is 6.13. The van der Waals surface area contributed by atoms with Gasteiger partial charge in [-0.15, -0.1) is 0 Å². The van der Waals surface area contributed by atoms with Crippen LogP contribution >= 0.6 is 0 Å². The Morgan fingerprint density at radius 3 is 2.07 bits per heavy atom. The first-order valence-electron chi connectivity index (χ1n) is 9.68. The lowest BCUT2D eigenvalue weighted by molar-refractivity contribution is -0.138. The zero-order valence-electron chi connectivity index (χ0n) is 16.1. The molecule has 5 heteroatoms. The highest BCUT2D eigenvalue weighted by molar-refractivity contribution is 6.08. The average molecular weight is 374 g/mol. The van der Waals surface area contributed by atoms with Crippen LogP contribution in [0.1, 0.15) is 42.0 Å². The molecule has 5 nitrogen and oxygen atoms in total. The summed E-state index contributed by atoms with van der Waals surface area (Å²) < 4.78 is 0. The Morgan fingerprint density at radius 2 is 1.54 bits per heavy atom. The molecule has 2 bridgehead atoms. The fraction of sp³-hybridized carbons (Fsp3) is 0.348. The van der Waals surface area contributed by atoms with Gasteiger partial charge in [0.25, 0.3) is 0 Å². The van der Waals surface area contributed by atoms with Gasteiger partial charge in [-0.05, 0) is 29.2 Å². The zero-order valence-corrected chi connectivity index (χ0v) is 16.1. The van der Waals surface area contributed by atoms with Crippen molar-refractivity contribution in [2.45, 2.75) is 31.2 Å². The van der Waals surface area contributed by atoms with Crippen LogP contribution in [0.15, 0.2) is 48.5 Å². The molecule has 1 heterocycles. The predicted molar refractivity (Wildman–Crippen MR) is 104 cm³/mol. The van der Waals surface area contributed by atoms with E-state index in [0.717, 1.165) is 22.3 Å². The maximum atomic E-state index is 13.3. The lowest BCUT2D eigenvalue weighted by Gasteiger charge is -2.56. The first-order valence-corrected chi connectivity index (χ1v) is 9.68. The van der Waals surface area contributed by atoms with Crippen LogP contribution in [-0.4, -0.2) is 35.7 Å². The molecule has 1 unspecified atom stereocenters. The number of imide groups is 1. The molecule has 1 aliphatic heterocycles. The van der Waals surface area contributed by atoms with Gasteiger partial charge in [-0.1, -0.05) is 48.5 Å². The molecule has 0 radical (unpaired) electrons. The van der Waals surface area contributed by atoms with Crippen molar-refractivity contribution in [2.75, 3.05) is 7.05 Å². The molecule has 142 valence electrons. The highest BCUT2D eigenvalue weighted by Crippen LogP contribution is 2.64. The Labute approximate surface area is 163 Å². The number of carbonyl (C=O) groups is 3. The lowest BCUT2D eigenvalue weighted by atomic mass is 9.45. The van der Waals surface area contributed by atoms with Gasteiger partial charge in [-0.3, -0.25) is 19.3 Å². The molecule has 1 fully saturated rings. The molecule has 0 spiro atoms. The second-order valence-corrected chi connectivity index (χ2v) is 8.18. The molecule has 1 N–H and O–H groups in total. The number of benzene rings is 2. The van der Waals surface area contributed by atoms with Crippen LogP contribution in [0.25, 0.3) is 0 Å². The summed E-state index contributed by atoms with van der Waals surface area (Å²) in [6.45, 7) is 3.44. The van der Waals surface area contributed by atoms with E-state index in [2.05, 4.69) is 29.6 Å². The van der Waals surface area contributed by atoms with Crippen molar-refractivity contribution in [2.24, 2.45) is 11.8 Å². The molecule has 2 aromatic carbocycles. The first-order chi connectivity index (χ1) is 13.4. The largest absolute Gasteiger partial charge is 0.353 e. The number of carbonyl (C=O) groups excluding carboxylic acids is 3. The number of amides is 3. The topological polar surface area (TPSA) is 66.5 Å². The van der Waals surface area contributed by atoms with Crippen LogP contribution in [0.4, 0.5) is 0 Å². The number of likely N-dealkylation sites (tertiary alicyclic amines) is 1. The van der Waals surface area contributed by atoms with Crippen LogP contribution in [0.5, 0.6) is 0 Å². The quantitative estimate of drug-likeness (QED) is 0.820. The summed E-state index contributed by atoms with van der Waals surface area (Å²) in [4.78, 5) is 39.8. The van der Waals surface area contributed by atoms with Crippen LogP contribution in [0.2, 0.25) is 0 Å². The Kier molecular flexibility index (Phi) is 3.39. The predicted octanol–water partition coefficient (Wildman–Crippen LogP) is 2.19. The van der Waals surface area contributed by atoms with Crippen molar-refractivity contribution < 1.29 is 14.4 Å². The number of nitrogens with zero attached hydrogens (tertiary/aromatic N) is 1. The third kappa shape index (κ3) is 1.79. The van der Waals surface area contributed by atoms with Gasteiger partial charge < -0.3 is 5.32 Å². The van der Waals surface area contributed by atoms with Gasteiger partial charge in [-0.25, -0.2) is 0 Å². The standard InChI is InChI=1S/C23H22N2O3/c1-12(24-13(2)26)23-16-10-6-4-8-14(16)18(15-9-5-7-11-17(15)23)19-20(23)22(28)25(3)21(19)27/h4-12,18-20H,1-3H3,(H,24,26)/t12?,18?,19-,20+,23?/m0/s1. The summed E-state index contributed by atoms with van der Waals surface area (Å²) >= 11 is 0. The van der Waals surface area contributed by atoms with Gasteiger partial charge in [-0.2, -0.15) is 0 Å². The molecular formula is C23H22N2O3. The minimum Gasteiger partial charge on any atom is -0.353 e. The van der Waals surface area contributed by atoms with Gasteiger partial charge in [0, 0.05) is 25.9 Å². The summed E-state index contributed by atoms with van der Waals surface area (Å²) in [5.74, 6) is -1.50. The molecule has 3 aliphatic carbocycles. The molecule has 6 rings (SSSR count). The second-order valence-electron chi connectivity index (χ2n) is 8.18. The van der Waals surface area contributed by atoms with Gasteiger partial charge in [0.2, 0.25) is 17.7 Å². The van der Waals surface area contributed by atoms with Crippen molar-refractivity contribution in [3.05, 3.63) is 70.8 Å². The summed E-state index contributed by atoms with van der Waals surface area (Å²) in [6.07, 6.45) is 0. The smallest absolute Gasteiger partial charge is 0.234 e. The number of nitrogens with one attached hydrogen (secondary N) is 1. The van der Waals surface area contributed by atoms with E-state index >= 15 is 0 Å². The molecule has 2 aromatic rings. The molecule has 4 aliphatic rings. The molecule has 0 aromatic heterocycles. The Hall–Kier alpha value is -2.95. The van der Waals surface area contributed by atoms with E-state index in [1.165, 1.54) is 11.8 Å². The summed E-state index contributed by atoms with van der Waals surface area (Å²) in [6, 6.07) is 15.8.